The second kappa shape index (κ2) is 6.65. The molecule has 0 fully saturated rings. The smallest absolute Gasteiger partial charge is 0.189 e. The molecule has 3 nitrogen and oxygen atoms in total. The average molecular weight is 322 g/mol. The molecule has 116 valence electrons. The molecular weight excluding hydrogens is 305 g/mol. The third kappa shape index (κ3) is 3.58. The minimum absolute atomic E-state index is 0.215. The predicted octanol–water partition coefficient (Wildman–Crippen LogP) is 3.98. The summed E-state index contributed by atoms with van der Waals surface area (Å²) in [4.78, 5) is 2.11. The van der Waals surface area contributed by atoms with Crippen molar-refractivity contribution in [2.75, 3.05) is 13.8 Å². The second-order valence-electron chi connectivity index (χ2n) is 5.46. The molecule has 0 saturated heterocycles. The number of rotatable bonds is 4. The Bertz CT molecular complexity index is 660. The molecule has 0 spiro atoms. The molecule has 2 aromatic rings. The van der Waals surface area contributed by atoms with Gasteiger partial charge in [0.1, 0.15) is 11.6 Å². The number of nitrogens with zero attached hydrogens (tertiary/aromatic N) is 1. The molecular formula is C17H17ClFNO2. The Kier molecular flexibility index (Phi) is 4.62. The summed E-state index contributed by atoms with van der Waals surface area (Å²) < 4.78 is 24.5. The summed E-state index contributed by atoms with van der Waals surface area (Å²) in [5.74, 6) is 0.485. The van der Waals surface area contributed by atoms with E-state index >= 15 is 0 Å². The van der Waals surface area contributed by atoms with Crippen LogP contribution in [0.25, 0.3) is 0 Å². The van der Waals surface area contributed by atoms with Crippen LogP contribution < -0.4 is 4.74 Å². The summed E-state index contributed by atoms with van der Waals surface area (Å²) >= 11 is 5.89. The Hall–Kier alpha value is -1.62. The maximum atomic E-state index is 13.7. The van der Waals surface area contributed by atoms with E-state index in [1.807, 2.05) is 31.3 Å². The van der Waals surface area contributed by atoms with Crippen molar-refractivity contribution in [2.45, 2.75) is 19.7 Å². The van der Waals surface area contributed by atoms with Gasteiger partial charge in [0.25, 0.3) is 0 Å². The molecule has 0 radical (unpaired) electrons. The van der Waals surface area contributed by atoms with Gasteiger partial charge in [-0.2, -0.15) is 0 Å². The first-order valence-electron chi connectivity index (χ1n) is 7.06. The Balaban J connectivity index is 1.74. The summed E-state index contributed by atoms with van der Waals surface area (Å²) in [6, 6.07) is 10.7. The summed E-state index contributed by atoms with van der Waals surface area (Å²) in [5.41, 5.74) is 2.76. The lowest BCUT2D eigenvalue weighted by Gasteiger charge is -2.23. The van der Waals surface area contributed by atoms with Gasteiger partial charge >= 0.3 is 0 Å². The highest BCUT2D eigenvalue weighted by molar-refractivity contribution is 6.30. The molecule has 0 unspecified atom stereocenters. The van der Waals surface area contributed by atoms with Crippen LogP contribution in [0, 0.1) is 5.82 Å². The molecule has 0 aliphatic carbocycles. The number of ether oxygens (including phenoxy) is 2. The summed E-state index contributed by atoms with van der Waals surface area (Å²) in [5, 5.41) is 0.721. The van der Waals surface area contributed by atoms with Crippen LogP contribution in [0.5, 0.6) is 5.75 Å². The number of fused-ring (bicyclic) bond motifs is 1. The summed E-state index contributed by atoms with van der Waals surface area (Å²) in [6.07, 6.45) is 0. The van der Waals surface area contributed by atoms with Crippen LogP contribution >= 0.6 is 11.6 Å². The molecule has 1 aliphatic rings. The van der Waals surface area contributed by atoms with Gasteiger partial charge in [-0.05, 0) is 36.9 Å². The fourth-order valence-corrected chi connectivity index (χ4v) is 2.75. The van der Waals surface area contributed by atoms with Gasteiger partial charge < -0.3 is 9.47 Å². The van der Waals surface area contributed by atoms with E-state index in [0.717, 1.165) is 34.0 Å². The van der Waals surface area contributed by atoms with Gasteiger partial charge in [0, 0.05) is 29.2 Å². The average Bonchev–Trinajstić information content (AvgIpc) is 2.49. The van der Waals surface area contributed by atoms with E-state index in [2.05, 4.69) is 4.90 Å². The van der Waals surface area contributed by atoms with Crippen molar-refractivity contribution in [1.29, 1.82) is 0 Å². The third-order valence-corrected chi connectivity index (χ3v) is 3.81. The number of benzene rings is 2. The molecule has 0 bridgehead atoms. The molecule has 0 atom stereocenters. The summed E-state index contributed by atoms with van der Waals surface area (Å²) in [7, 11) is 1.99. The van der Waals surface area contributed by atoms with Crippen molar-refractivity contribution in [3.8, 4) is 5.75 Å². The van der Waals surface area contributed by atoms with E-state index in [-0.39, 0.29) is 12.6 Å². The first-order chi connectivity index (χ1) is 10.6. The Morgan fingerprint density at radius 3 is 2.73 bits per heavy atom. The van der Waals surface area contributed by atoms with E-state index in [4.69, 9.17) is 21.1 Å². The van der Waals surface area contributed by atoms with E-state index in [1.54, 1.807) is 0 Å². The molecule has 0 amide bonds. The van der Waals surface area contributed by atoms with Crippen molar-refractivity contribution < 1.29 is 13.9 Å². The number of hydrogen-bond acceptors (Lipinski definition) is 3. The van der Waals surface area contributed by atoms with Crippen LogP contribution in [0.4, 0.5) is 4.39 Å². The molecule has 1 aliphatic heterocycles. The van der Waals surface area contributed by atoms with E-state index in [0.29, 0.717) is 13.2 Å². The fourth-order valence-electron chi connectivity index (χ4n) is 2.62. The molecule has 0 aromatic heterocycles. The first-order valence-corrected chi connectivity index (χ1v) is 7.44. The molecule has 22 heavy (non-hydrogen) atoms. The lowest BCUT2D eigenvalue weighted by molar-refractivity contribution is -0.0176. The van der Waals surface area contributed by atoms with Gasteiger partial charge in [0.05, 0.1) is 6.61 Å². The van der Waals surface area contributed by atoms with E-state index in [1.165, 1.54) is 12.1 Å². The predicted molar refractivity (Wildman–Crippen MR) is 83.3 cm³/mol. The summed E-state index contributed by atoms with van der Waals surface area (Å²) in [6.45, 7) is 1.95. The van der Waals surface area contributed by atoms with E-state index in [9.17, 15) is 4.39 Å². The van der Waals surface area contributed by atoms with Gasteiger partial charge in [-0.3, -0.25) is 4.90 Å². The van der Waals surface area contributed by atoms with Crippen LogP contribution in [-0.2, 0) is 24.4 Å². The first kappa shape index (κ1) is 15.3. The lowest BCUT2D eigenvalue weighted by atomic mass is 10.1. The van der Waals surface area contributed by atoms with Gasteiger partial charge in [0.15, 0.2) is 6.79 Å². The van der Waals surface area contributed by atoms with Crippen LogP contribution in [0.1, 0.15) is 16.7 Å². The molecule has 0 saturated carbocycles. The molecule has 0 N–H and O–H groups in total. The minimum atomic E-state index is -0.261. The highest BCUT2D eigenvalue weighted by Crippen LogP contribution is 2.30. The van der Waals surface area contributed by atoms with Gasteiger partial charge in [0.2, 0.25) is 0 Å². The minimum Gasteiger partial charge on any atom is -0.467 e. The topological polar surface area (TPSA) is 21.7 Å². The third-order valence-electron chi connectivity index (χ3n) is 3.56. The zero-order valence-electron chi connectivity index (χ0n) is 12.3. The Labute approximate surface area is 134 Å². The van der Waals surface area contributed by atoms with Gasteiger partial charge in [-0.15, -0.1) is 0 Å². The normalized spacial score (nSPS) is 13.8. The van der Waals surface area contributed by atoms with Gasteiger partial charge in [-0.25, -0.2) is 4.39 Å². The maximum absolute atomic E-state index is 13.7. The highest BCUT2D eigenvalue weighted by Gasteiger charge is 2.18. The van der Waals surface area contributed by atoms with Crippen molar-refractivity contribution in [2.24, 2.45) is 0 Å². The van der Waals surface area contributed by atoms with Crippen LogP contribution in [0.2, 0.25) is 5.02 Å². The second-order valence-corrected chi connectivity index (χ2v) is 5.90. The zero-order valence-corrected chi connectivity index (χ0v) is 13.1. The van der Waals surface area contributed by atoms with Crippen molar-refractivity contribution in [3.63, 3.8) is 0 Å². The Morgan fingerprint density at radius 1 is 1.18 bits per heavy atom. The standard InChI is InChI=1S/C17H17ClFNO2/c1-20(8-12-2-4-15(18)5-3-12)9-13-6-16(19)7-14-10-21-11-22-17(13)14/h2-7H,8-11H2,1H3. The number of hydrogen-bond donors (Lipinski definition) is 0. The fraction of sp³-hybridized carbons (Fsp3) is 0.294. The quantitative estimate of drug-likeness (QED) is 0.850. The van der Waals surface area contributed by atoms with Gasteiger partial charge in [-0.1, -0.05) is 23.7 Å². The monoisotopic (exact) mass is 321 g/mol. The zero-order chi connectivity index (χ0) is 15.5. The van der Waals surface area contributed by atoms with Crippen molar-refractivity contribution in [1.82, 2.24) is 4.90 Å². The molecule has 3 rings (SSSR count). The van der Waals surface area contributed by atoms with Crippen molar-refractivity contribution in [3.05, 3.63) is 63.9 Å². The van der Waals surface area contributed by atoms with E-state index < -0.39 is 0 Å². The SMILES string of the molecule is CN(Cc1ccc(Cl)cc1)Cc1cc(F)cc2c1OCOC2. The molecule has 1 heterocycles. The van der Waals surface area contributed by atoms with Crippen LogP contribution in [-0.4, -0.2) is 18.7 Å². The lowest BCUT2D eigenvalue weighted by Crippen LogP contribution is -2.20. The molecule has 5 heteroatoms. The number of halogens is 2. The van der Waals surface area contributed by atoms with Crippen LogP contribution in [0.3, 0.4) is 0 Å². The highest BCUT2D eigenvalue weighted by atomic mass is 35.5. The van der Waals surface area contributed by atoms with Crippen LogP contribution in [0.15, 0.2) is 36.4 Å². The largest absolute Gasteiger partial charge is 0.467 e. The Morgan fingerprint density at radius 2 is 1.95 bits per heavy atom. The van der Waals surface area contributed by atoms with Crippen molar-refractivity contribution >= 4 is 11.6 Å². The maximum Gasteiger partial charge on any atom is 0.189 e. The molecule has 2 aromatic carbocycles.